The molecule has 0 bridgehead atoms. The largest absolute Gasteiger partial charge is 0.469 e. The molecule has 17 heavy (non-hydrogen) atoms. The van der Waals surface area contributed by atoms with Crippen LogP contribution in [0.25, 0.3) is 0 Å². The molecular formula is C13H23NO3. The average Bonchev–Trinajstić information content (AvgIpc) is 2.74. The Morgan fingerprint density at radius 2 is 2.29 bits per heavy atom. The molecule has 98 valence electrons. The number of nitrogens with one attached hydrogen (secondary N) is 1. The van der Waals surface area contributed by atoms with E-state index in [4.69, 9.17) is 4.74 Å². The highest BCUT2D eigenvalue weighted by atomic mass is 16.5. The maximum absolute atomic E-state index is 11.0. The summed E-state index contributed by atoms with van der Waals surface area (Å²) < 4.78 is 10.4. The van der Waals surface area contributed by atoms with Crippen LogP contribution in [0.4, 0.5) is 0 Å². The van der Waals surface area contributed by atoms with Crippen molar-refractivity contribution in [2.75, 3.05) is 20.3 Å². The number of rotatable bonds is 5. The van der Waals surface area contributed by atoms with E-state index < -0.39 is 0 Å². The van der Waals surface area contributed by atoms with E-state index in [1.54, 1.807) is 0 Å². The van der Waals surface area contributed by atoms with Crippen LogP contribution in [0.3, 0.4) is 0 Å². The Kier molecular flexibility index (Phi) is 3.73. The van der Waals surface area contributed by atoms with Crippen molar-refractivity contribution in [3.63, 3.8) is 0 Å². The van der Waals surface area contributed by atoms with E-state index in [-0.39, 0.29) is 11.4 Å². The lowest BCUT2D eigenvalue weighted by Crippen LogP contribution is -2.65. The maximum atomic E-state index is 11.0. The molecular weight excluding hydrogens is 218 g/mol. The summed E-state index contributed by atoms with van der Waals surface area (Å²) in [5.74, 6) is 0.546. The highest BCUT2D eigenvalue weighted by Crippen LogP contribution is 2.51. The summed E-state index contributed by atoms with van der Waals surface area (Å²) in [6.45, 7) is 6.31. The molecule has 4 heteroatoms. The van der Waals surface area contributed by atoms with Gasteiger partial charge in [-0.3, -0.25) is 4.79 Å². The maximum Gasteiger partial charge on any atom is 0.305 e. The highest BCUT2D eigenvalue weighted by molar-refractivity contribution is 5.69. The second-order valence-corrected chi connectivity index (χ2v) is 5.68. The molecule has 1 heterocycles. The fourth-order valence-electron chi connectivity index (χ4n) is 3.33. The number of fused-ring (bicyclic) bond motifs is 1. The lowest BCUT2D eigenvalue weighted by atomic mass is 9.57. The number of methoxy groups -OCH3 is 1. The average molecular weight is 241 g/mol. The summed E-state index contributed by atoms with van der Waals surface area (Å²) in [6.07, 6.45) is 2.95. The Morgan fingerprint density at radius 3 is 3.00 bits per heavy atom. The predicted molar refractivity (Wildman–Crippen MR) is 64.7 cm³/mol. The molecule has 4 nitrogen and oxygen atoms in total. The molecule has 3 unspecified atom stereocenters. The van der Waals surface area contributed by atoms with Crippen LogP contribution in [0.1, 0.15) is 33.1 Å². The third kappa shape index (κ3) is 2.33. The van der Waals surface area contributed by atoms with Crippen LogP contribution in [0, 0.1) is 11.3 Å². The molecule has 1 aliphatic carbocycles. The van der Waals surface area contributed by atoms with Crippen LogP contribution in [0.15, 0.2) is 0 Å². The van der Waals surface area contributed by atoms with Crippen LogP contribution >= 0.6 is 0 Å². The summed E-state index contributed by atoms with van der Waals surface area (Å²) >= 11 is 0. The van der Waals surface area contributed by atoms with Gasteiger partial charge in [0.15, 0.2) is 0 Å². The second kappa shape index (κ2) is 4.94. The fourth-order valence-corrected chi connectivity index (χ4v) is 3.33. The molecule has 1 saturated carbocycles. The lowest BCUT2D eigenvalue weighted by molar-refractivity contribution is -0.140. The molecule has 0 radical (unpaired) electrons. The third-order valence-corrected chi connectivity index (χ3v) is 4.25. The van der Waals surface area contributed by atoms with E-state index in [1.807, 2.05) is 0 Å². The Morgan fingerprint density at radius 1 is 1.53 bits per heavy atom. The van der Waals surface area contributed by atoms with Crippen LogP contribution < -0.4 is 5.32 Å². The van der Waals surface area contributed by atoms with Crippen molar-refractivity contribution >= 4 is 5.97 Å². The van der Waals surface area contributed by atoms with Crippen molar-refractivity contribution in [3.05, 3.63) is 0 Å². The van der Waals surface area contributed by atoms with Gasteiger partial charge in [-0.25, -0.2) is 0 Å². The SMILES string of the molecule is COC(=O)CCCNC1C2CCOC2C1(C)C. The van der Waals surface area contributed by atoms with E-state index in [2.05, 4.69) is 23.9 Å². The first-order chi connectivity index (χ1) is 8.07. The lowest BCUT2D eigenvalue weighted by Gasteiger charge is -2.55. The van der Waals surface area contributed by atoms with Crippen molar-refractivity contribution in [2.24, 2.45) is 11.3 Å². The minimum Gasteiger partial charge on any atom is -0.469 e. The molecule has 0 amide bonds. The van der Waals surface area contributed by atoms with Gasteiger partial charge in [0.2, 0.25) is 0 Å². The standard InChI is InChI=1S/C13H23NO3/c1-13(2)11(9-6-8-17-12(9)13)14-7-4-5-10(15)16-3/h9,11-12,14H,4-8H2,1-3H3. The van der Waals surface area contributed by atoms with E-state index in [0.717, 1.165) is 19.6 Å². The first-order valence-electron chi connectivity index (χ1n) is 6.49. The quantitative estimate of drug-likeness (QED) is 0.583. The van der Waals surface area contributed by atoms with Gasteiger partial charge in [-0.2, -0.15) is 0 Å². The topological polar surface area (TPSA) is 47.6 Å². The minimum absolute atomic E-state index is 0.123. The summed E-state index contributed by atoms with van der Waals surface area (Å²) in [7, 11) is 1.44. The highest BCUT2D eigenvalue weighted by Gasteiger charge is 2.58. The van der Waals surface area contributed by atoms with Crippen LogP contribution in [-0.2, 0) is 14.3 Å². The van der Waals surface area contributed by atoms with Crippen molar-refractivity contribution in [1.29, 1.82) is 0 Å². The fraction of sp³-hybridized carbons (Fsp3) is 0.923. The van der Waals surface area contributed by atoms with Gasteiger partial charge in [-0.05, 0) is 19.4 Å². The summed E-state index contributed by atoms with van der Waals surface area (Å²) in [5.41, 5.74) is 0.229. The smallest absolute Gasteiger partial charge is 0.305 e. The van der Waals surface area contributed by atoms with Gasteiger partial charge in [0.05, 0.1) is 13.2 Å². The van der Waals surface area contributed by atoms with E-state index >= 15 is 0 Å². The van der Waals surface area contributed by atoms with Gasteiger partial charge < -0.3 is 14.8 Å². The number of hydrogen-bond donors (Lipinski definition) is 1. The van der Waals surface area contributed by atoms with E-state index in [0.29, 0.717) is 24.5 Å². The van der Waals surface area contributed by atoms with E-state index in [9.17, 15) is 4.79 Å². The van der Waals surface area contributed by atoms with Crippen LogP contribution in [0.5, 0.6) is 0 Å². The molecule has 0 aromatic heterocycles. The van der Waals surface area contributed by atoms with Gasteiger partial charge in [0, 0.05) is 30.4 Å². The first kappa shape index (κ1) is 12.8. The number of esters is 1. The summed E-state index contributed by atoms with van der Waals surface area (Å²) in [5, 5.41) is 3.57. The first-order valence-corrected chi connectivity index (χ1v) is 6.49. The molecule has 0 aromatic rings. The van der Waals surface area contributed by atoms with Gasteiger partial charge in [0.25, 0.3) is 0 Å². The molecule has 2 aliphatic rings. The van der Waals surface area contributed by atoms with Gasteiger partial charge in [-0.1, -0.05) is 13.8 Å². The number of ether oxygens (including phenoxy) is 2. The van der Waals surface area contributed by atoms with Gasteiger partial charge in [0.1, 0.15) is 0 Å². The van der Waals surface area contributed by atoms with Gasteiger partial charge in [-0.15, -0.1) is 0 Å². The molecule has 2 rings (SSSR count). The molecule has 0 aromatic carbocycles. The van der Waals surface area contributed by atoms with Crippen molar-refractivity contribution in [3.8, 4) is 0 Å². The predicted octanol–water partition coefficient (Wildman–Crippen LogP) is 1.34. The Balaban J connectivity index is 1.71. The third-order valence-electron chi connectivity index (χ3n) is 4.25. The molecule has 1 saturated heterocycles. The molecule has 2 fully saturated rings. The molecule has 3 atom stereocenters. The normalized spacial score (nSPS) is 33.9. The number of carbonyl (C=O) groups is 1. The Hall–Kier alpha value is -0.610. The number of carbonyl (C=O) groups excluding carboxylic acids is 1. The summed E-state index contributed by atoms with van der Waals surface area (Å²) in [4.78, 5) is 11.0. The second-order valence-electron chi connectivity index (χ2n) is 5.68. The molecule has 1 N–H and O–H groups in total. The molecule has 1 aliphatic heterocycles. The summed E-state index contributed by atoms with van der Waals surface area (Å²) in [6, 6.07) is 0.535. The monoisotopic (exact) mass is 241 g/mol. The zero-order chi connectivity index (χ0) is 12.5. The minimum atomic E-state index is -0.123. The number of hydrogen-bond acceptors (Lipinski definition) is 4. The van der Waals surface area contributed by atoms with Crippen LogP contribution in [0.2, 0.25) is 0 Å². The Bertz CT molecular complexity index is 290. The Labute approximate surface area is 103 Å². The van der Waals surface area contributed by atoms with Crippen LogP contribution in [-0.4, -0.2) is 38.4 Å². The van der Waals surface area contributed by atoms with Gasteiger partial charge >= 0.3 is 5.97 Å². The van der Waals surface area contributed by atoms with Crippen molar-refractivity contribution in [1.82, 2.24) is 5.32 Å². The van der Waals surface area contributed by atoms with Crippen molar-refractivity contribution < 1.29 is 14.3 Å². The van der Waals surface area contributed by atoms with E-state index in [1.165, 1.54) is 13.5 Å². The van der Waals surface area contributed by atoms with Crippen molar-refractivity contribution in [2.45, 2.75) is 45.3 Å². The molecule has 0 spiro atoms. The zero-order valence-corrected chi connectivity index (χ0v) is 11.0. The zero-order valence-electron chi connectivity index (χ0n) is 11.0.